The van der Waals surface area contributed by atoms with Crippen LogP contribution in [0.1, 0.15) is 0 Å². The second-order valence-corrected chi connectivity index (χ2v) is 19.4. The van der Waals surface area contributed by atoms with Crippen molar-refractivity contribution in [2.45, 2.75) is 0 Å². The van der Waals surface area contributed by atoms with Crippen LogP contribution < -0.4 is 26.4 Å². The van der Waals surface area contributed by atoms with Crippen molar-refractivity contribution >= 4 is 55.1 Å². The van der Waals surface area contributed by atoms with Crippen LogP contribution in [0.25, 0.3) is 0 Å². The van der Waals surface area contributed by atoms with Gasteiger partial charge in [-0.05, 0) is 0 Å². The summed E-state index contributed by atoms with van der Waals surface area (Å²) in [4.78, 5) is 0. The fourth-order valence-electron chi connectivity index (χ4n) is 4.63. The Morgan fingerprint density at radius 3 is 0.462 bits per heavy atom. The van der Waals surface area contributed by atoms with Crippen molar-refractivity contribution in [3.05, 3.63) is 182 Å². The molecule has 0 aliphatic heterocycles. The fourth-order valence-corrected chi connectivity index (χ4v) is 15.4. The minimum atomic E-state index is -1.63. The van der Waals surface area contributed by atoms with Crippen LogP contribution in [0.2, 0.25) is 0 Å². The first kappa shape index (κ1) is 29.9. The molecule has 6 rings (SSSR count). The molecule has 0 aliphatic rings. The first-order valence-corrected chi connectivity index (χ1v) is 19.3. The summed E-state index contributed by atoms with van der Waals surface area (Å²) in [5.74, 6) is 0. The van der Waals surface area contributed by atoms with Gasteiger partial charge in [0.15, 0.2) is 0 Å². The maximum absolute atomic E-state index is 2.27. The zero-order chi connectivity index (χ0) is 25.8. The molecule has 6 aromatic carbocycles. The van der Waals surface area contributed by atoms with Gasteiger partial charge in [0, 0.05) is 46.9 Å². The van der Waals surface area contributed by atoms with E-state index in [2.05, 4.69) is 182 Å². The van der Waals surface area contributed by atoms with Crippen molar-refractivity contribution in [2.75, 3.05) is 0 Å². The summed E-state index contributed by atoms with van der Waals surface area (Å²) in [5, 5.41) is 0. The Kier molecular flexibility index (Phi) is 12.5. The average molecular weight is 781 g/mol. The number of hydrogen-bond acceptors (Lipinski definition) is 0. The first-order chi connectivity index (χ1) is 18.9. The average Bonchev–Trinajstić information content (AvgIpc) is 3.01. The summed E-state index contributed by atoms with van der Waals surface area (Å²) in [6, 6.07) is 65.6. The molecular weight excluding hydrogens is 751 g/mol. The Morgan fingerprint density at radius 1 is 0.205 bits per heavy atom. The molecule has 6 aromatic rings. The summed E-state index contributed by atoms with van der Waals surface area (Å²) in [5.41, 5.74) is 0. The topological polar surface area (TPSA) is 0 Å². The molecule has 0 nitrogen and oxygen atoms in total. The summed E-state index contributed by atoms with van der Waals surface area (Å²) < 4.78 is 9.00. The van der Waals surface area contributed by atoms with E-state index in [1.165, 1.54) is 26.4 Å². The molecule has 196 valence electrons. The van der Waals surface area contributed by atoms with Crippen LogP contribution in [0.15, 0.2) is 182 Å². The quantitative estimate of drug-likeness (QED) is 0.220. The van der Waals surface area contributed by atoms with Gasteiger partial charge in [-0.15, -0.1) is 0 Å². The van der Waals surface area contributed by atoms with Gasteiger partial charge in [0.25, 0.3) is 0 Å². The Morgan fingerprint density at radius 2 is 0.333 bits per heavy atom. The van der Waals surface area contributed by atoms with Gasteiger partial charge in [-0.3, -0.25) is 0 Å². The van der Waals surface area contributed by atoms with Crippen molar-refractivity contribution in [1.82, 2.24) is 0 Å². The Hall–Kier alpha value is -2.07. The Labute approximate surface area is 280 Å². The van der Waals surface area contributed by atoms with Gasteiger partial charge in [0.1, 0.15) is 0 Å². The Balaban J connectivity index is 0.000000176. The number of benzene rings is 6. The van der Waals surface area contributed by atoms with Gasteiger partial charge in [-0.1, -0.05) is 0 Å². The van der Waals surface area contributed by atoms with Crippen molar-refractivity contribution < 1.29 is 46.9 Å². The monoisotopic (exact) mass is 784 g/mol. The number of hydrogen-bond donors (Lipinski definition) is 0. The molecule has 0 atom stereocenters. The molecule has 0 bridgehead atoms. The summed E-state index contributed by atoms with van der Waals surface area (Å²) >= 11 is -3.26. The molecule has 0 saturated heterocycles. The van der Waals surface area contributed by atoms with Crippen molar-refractivity contribution in [3.63, 3.8) is 0 Å². The van der Waals surface area contributed by atoms with Crippen LogP contribution in [-0.4, -0.2) is 28.7 Å². The second kappa shape index (κ2) is 16.3. The summed E-state index contributed by atoms with van der Waals surface area (Å²) in [7, 11) is 0. The van der Waals surface area contributed by atoms with E-state index in [1.54, 1.807) is 0 Å². The van der Waals surface area contributed by atoms with E-state index < -0.39 is 28.7 Å². The van der Waals surface area contributed by atoms with Crippen LogP contribution in [-0.2, 0) is 0 Å². The molecule has 0 saturated carbocycles. The third-order valence-electron chi connectivity index (χ3n) is 6.37. The normalized spacial score (nSPS) is 10.3. The zero-order valence-corrected chi connectivity index (χ0v) is 27.5. The summed E-state index contributed by atoms with van der Waals surface area (Å²) in [6.07, 6.45) is 0. The third-order valence-corrected chi connectivity index (χ3v) is 17.8. The van der Waals surface area contributed by atoms with Gasteiger partial charge in [0.05, 0.1) is 0 Å². The van der Waals surface area contributed by atoms with E-state index in [9.17, 15) is 0 Å². The van der Waals surface area contributed by atoms with Gasteiger partial charge in [-0.2, -0.15) is 0 Å². The molecule has 0 amide bonds. The molecule has 0 aromatic heterocycles. The van der Waals surface area contributed by atoms with E-state index in [-0.39, 0.29) is 46.9 Å². The Bertz CT molecular complexity index is 1170. The molecule has 0 spiro atoms. The van der Waals surface area contributed by atoms with Gasteiger partial charge in [-0.25, -0.2) is 0 Å². The van der Waals surface area contributed by atoms with Crippen LogP contribution >= 0.6 is 0 Å². The van der Waals surface area contributed by atoms with Crippen molar-refractivity contribution in [3.8, 4) is 0 Å². The third kappa shape index (κ3) is 8.46. The molecule has 0 N–H and O–H groups in total. The van der Waals surface area contributed by atoms with Crippen LogP contribution in [0, 0.1) is 46.9 Å². The van der Waals surface area contributed by atoms with Crippen LogP contribution in [0.4, 0.5) is 0 Å². The van der Waals surface area contributed by atoms with E-state index in [4.69, 9.17) is 0 Å². The molecule has 3 heteroatoms. The van der Waals surface area contributed by atoms with Crippen molar-refractivity contribution in [1.29, 1.82) is 0 Å². The molecule has 0 heterocycles. The van der Waals surface area contributed by atoms with E-state index in [1.807, 2.05) is 0 Å². The molecule has 0 fully saturated rings. The maximum atomic E-state index is 2.27. The van der Waals surface area contributed by atoms with Crippen LogP contribution in [0.5, 0.6) is 0 Å². The SMILES string of the molecule is [Yb].c1cc[c]([Ge]([c]2ccccc2)[c]2ccccc2)cc1.c1cc[c]([Ge]([c]2ccccc2)[c]2ccccc2)cc1. The molecule has 39 heavy (non-hydrogen) atoms. The first-order valence-electron chi connectivity index (χ1n) is 13.0. The standard InChI is InChI=1S/2C18H15Ge.Yb/c2*1-4-10-16(11-5-1)19(17-12-6-2-7-13-17)18-14-8-3-9-15-18;/h2*1-15H;. The predicted octanol–water partition coefficient (Wildman–Crippen LogP) is 4.41. The van der Waals surface area contributed by atoms with E-state index in [0.29, 0.717) is 0 Å². The summed E-state index contributed by atoms with van der Waals surface area (Å²) in [6.45, 7) is 0. The van der Waals surface area contributed by atoms with Gasteiger partial charge in [0.2, 0.25) is 0 Å². The van der Waals surface area contributed by atoms with Gasteiger partial charge >= 0.3 is 237 Å². The molecule has 0 unspecified atom stereocenters. The molecular formula is C36H30Ge2Yb. The van der Waals surface area contributed by atoms with E-state index in [0.717, 1.165) is 0 Å². The molecule has 0 aliphatic carbocycles. The predicted molar refractivity (Wildman–Crippen MR) is 168 cm³/mol. The van der Waals surface area contributed by atoms with Crippen LogP contribution in [0.3, 0.4) is 0 Å². The van der Waals surface area contributed by atoms with E-state index >= 15 is 0 Å². The second-order valence-electron chi connectivity index (χ2n) is 8.95. The minimum absolute atomic E-state index is 0. The molecule has 2 radical (unpaired) electrons. The fraction of sp³-hybridized carbons (Fsp3) is 0. The van der Waals surface area contributed by atoms with Crippen molar-refractivity contribution in [2.24, 2.45) is 0 Å². The zero-order valence-electron chi connectivity index (χ0n) is 21.6. The number of rotatable bonds is 6. The van der Waals surface area contributed by atoms with Gasteiger partial charge < -0.3 is 0 Å².